The van der Waals surface area contributed by atoms with Gasteiger partial charge in [0.2, 0.25) is 0 Å². The molecule has 0 N–H and O–H groups in total. The van der Waals surface area contributed by atoms with Gasteiger partial charge in [-0.2, -0.15) is 0 Å². The molecule has 0 aromatic carbocycles. The van der Waals surface area contributed by atoms with Crippen molar-refractivity contribution in [1.29, 1.82) is 0 Å². The van der Waals surface area contributed by atoms with Gasteiger partial charge in [-0.25, -0.2) is 0 Å². The molecule has 0 radical (unpaired) electrons. The van der Waals surface area contributed by atoms with Crippen LogP contribution in [0.4, 0.5) is 0 Å². The van der Waals surface area contributed by atoms with E-state index in [4.69, 9.17) is 14.2 Å². The lowest BCUT2D eigenvalue weighted by Crippen LogP contribution is -2.31. The first-order valence-electron chi connectivity index (χ1n) is 7.49. The van der Waals surface area contributed by atoms with Crippen molar-refractivity contribution in [1.82, 2.24) is 0 Å². The Hall–Kier alpha value is -0.610. The third-order valence-corrected chi connectivity index (χ3v) is 5.84. The van der Waals surface area contributed by atoms with Crippen LogP contribution in [0.25, 0.3) is 0 Å². The van der Waals surface area contributed by atoms with Gasteiger partial charge in [0.25, 0.3) is 0 Å². The fourth-order valence-electron chi connectivity index (χ4n) is 4.11. The lowest BCUT2D eigenvalue weighted by atomic mass is 9.79. The molecule has 0 bridgehead atoms. The molecule has 3 saturated heterocycles. The van der Waals surface area contributed by atoms with E-state index >= 15 is 0 Å². The number of carbonyl (C=O) groups excluding carboxylic acids is 1. The lowest BCUT2D eigenvalue weighted by Gasteiger charge is -2.21. The minimum atomic E-state index is -0.0997. The quantitative estimate of drug-likeness (QED) is 0.497. The van der Waals surface area contributed by atoms with Gasteiger partial charge < -0.3 is 14.2 Å². The van der Waals surface area contributed by atoms with Gasteiger partial charge in [0.1, 0.15) is 12.2 Å². The summed E-state index contributed by atoms with van der Waals surface area (Å²) in [5, 5.41) is 0. The normalized spacial score (nSPS) is 59.5. The predicted molar refractivity (Wildman–Crippen MR) is 67.6 cm³/mol. The molecule has 0 amide bonds. The number of hydrogen-bond donors (Lipinski definition) is 0. The molecule has 1 saturated carbocycles. The summed E-state index contributed by atoms with van der Waals surface area (Å²) in [5.74, 6) is 0.239. The van der Waals surface area contributed by atoms with E-state index in [2.05, 4.69) is 13.8 Å². The number of ether oxygens (including phenoxy) is 3. The van der Waals surface area contributed by atoms with Crippen molar-refractivity contribution in [3.63, 3.8) is 0 Å². The monoisotopic (exact) mass is 266 g/mol. The SMILES string of the molecule is C[C@@H]1C(=O)O[C@H]2[C@H]1CCC1(C)O[C@@H]1CC[C@@]1(C)O[C@H]21. The van der Waals surface area contributed by atoms with Crippen molar-refractivity contribution in [3.05, 3.63) is 0 Å². The molecule has 0 spiro atoms. The summed E-state index contributed by atoms with van der Waals surface area (Å²) in [4.78, 5) is 11.9. The summed E-state index contributed by atoms with van der Waals surface area (Å²) in [6.45, 7) is 6.34. The van der Waals surface area contributed by atoms with Crippen molar-refractivity contribution in [2.45, 2.75) is 76.0 Å². The van der Waals surface area contributed by atoms with Gasteiger partial charge >= 0.3 is 5.97 Å². The highest BCUT2D eigenvalue weighted by molar-refractivity contribution is 5.75. The molecule has 19 heavy (non-hydrogen) atoms. The third-order valence-electron chi connectivity index (χ3n) is 5.84. The van der Waals surface area contributed by atoms with Crippen LogP contribution >= 0.6 is 0 Å². The van der Waals surface area contributed by atoms with E-state index in [1.54, 1.807) is 0 Å². The molecule has 4 nitrogen and oxygen atoms in total. The van der Waals surface area contributed by atoms with E-state index in [1.165, 1.54) is 0 Å². The zero-order valence-electron chi connectivity index (χ0n) is 11.8. The highest BCUT2D eigenvalue weighted by atomic mass is 16.6. The molecule has 4 rings (SSSR count). The number of carbonyl (C=O) groups is 1. The minimum Gasteiger partial charge on any atom is -0.459 e. The van der Waals surface area contributed by atoms with Crippen molar-refractivity contribution < 1.29 is 19.0 Å². The molecule has 1 aliphatic carbocycles. The Morgan fingerprint density at radius 1 is 1.11 bits per heavy atom. The summed E-state index contributed by atoms with van der Waals surface area (Å²) < 4.78 is 17.4. The van der Waals surface area contributed by atoms with Gasteiger partial charge in [-0.3, -0.25) is 4.79 Å². The number of esters is 1. The fraction of sp³-hybridized carbons (Fsp3) is 0.933. The third kappa shape index (κ3) is 1.69. The van der Waals surface area contributed by atoms with E-state index in [9.17, 15) is 4.79 Å². The lowest BCUT2D eigenvalue weighted by molar-refractivity contribution is -0.144. The van der Waals surface area contributed by atoms with Crippen LogP contribution in [-0.2, 0) is 19.0 Å². The van der Waals surface area contributed by atoms with Crippen molar-refractivity contribution in [3.8, 4) is 0 Å². The van der Waals surface area contributed by atoms with Crippen LogP contribution < -0.4 is 0 Å². The van der Waals surface area contributed by atoms with E-state index in [-0.39, 0.29) is 35.3 Å². The summed E-state index contributed by atoms with van der Waals surface area (Å²) >= 11 is 0. The standard InChI is InChI=1S/C15H22O4/c1-8-9-4-6-14(2)10(18-14)5-7-15(3)12(19-15)11(9)17-13(8)16/h8-12H,4-7H2,1-3H3/t8-,9-,10+,11-,12+,14?,15+/m0/s1. The van der Waals surface area contributed by atoms with E-state index in [0.717, 1.165) is 25.7 Å². The minimum absolute atomic E-state index is 0.00123. The van der Waals surface area contributed by atoms with E-state index in [1.807, 2.05) is 6.92 Å². The summed E-state index contributed by atoms with van der Waals surface area (Å²) in [6, 6.07) is 0. The topological polar surface area (TPSA) is 51.4 Å². The predicted octanol–water partition coefficient (Wildman–Crippen LogP) is 2.05. The molecule has 7 atom stereocenters. The fourth-order valence-corrected chi connectivity index (χ4v) is 4.11. The molecule has 4 fully saturated rings. The molecule has 4 heteroatoms. The van der Waals surface area contributed by atoms with Gasteiger partial charge in [-0.1, -0.05) is 6.92 Å². The molecule has 3 aliphatic heterocycles. The maximum atomic E-state index is 11.9. The number of fused-ring (bicyclic) bond motifs is 4. The van der Waals surface area contributed by atoms with E-state index < -0.39 is 0 Å². The number of rotatable bonds is 0. The smallest absolute Gasteiger partial charge is 0.309 e. The summed E-state index contributed by atoms with van der Waals surface area (Å²) in [6.07, 6.45) is 4.56. The van der Waals surface area contributed by atoms with E-state index in [0.29, 0.717) is 12.0 Å². The average Bonchev–Trinajstić information content (AvgIpc) is 3.18. The van der Waals surface area contributed by atoms with Gasteiger partial charge in [0.05, 0.1) is 23.2 Å². The number of hydrogen-bond acceptors (Lipinski definition) is 4. The molecule has 106 valence electrons. The van der Waals surface area contributed by atoms with Crippen molar-refractivity contribution in [2.24, 2.45) is 11.8 Å². The zero-order chi connectivity index (χ0) is 13.4. The first-order valence-corrected chi connectivity index (χ1v) is 7.49. The van der Waals surface area contributed by atoms with Gasteiger partial charge in [-0.05, 0) is 39.5 Å². The molecular weight excluding hydrogens is 244 g/mol. The maximum Gasteiger partial charge on any atom is 0.309 e. The van der Waals surface area contributed by atoms with Crippen LogP contribution in [0, 0.1) is 11.8 Å². The van der Waals surface area contributed by atoms with Gasteiger partial charge in [0, 0.05) is 5.92 Å². The number of epoxide rings is 2. The van der Waals surface area contributed by atoms with Crippen LogP contribution in [0.15, 0.2) is 0 Å². The molecule has 3 heterocycles. The Morgan fingerprint density at radius 3 is 2.63 bits per heavy atom. The largest absolute Gasteiger partial charge is 0.459 e. The Balaban J connectivity index is 1.60. The second kappa shape index (κ2) is 3.53. The Kier molecular flexibility index (Phi) is 2.26. The highest BCUT2D eigenvalue weighted by Gasteiger charge is 2.64. The van der Waals surface area contributed by atoms with Crippen LogP contribution in [0.2, 0.25) is 0 Å². The molecule has 4 aliphatic rings. The van der Waals surface area contributed by atoms with Crippen LogP contribution in [0.3, 0.4) is 0 Å². The first-order chi connectivity index (χ1) is 8.93. The van der Waals surface area contributed by atoms with Crippen molar-refractivity contribution >= 4 is 5.97 Å². The van der Waals surface area contributed by atoms with Crippen LogP contribution in [-0.4, -0.2) is 35.5 Å². The second-order valence-corrected chi connectivity index (χ2v) is 7.20. The van der Waals surface area contributed by atoms with Crippen LogP contribution in [0.1, 0.15) is 46.5 Å². The highest BCUT2D eigenvalue weighted by Crippen LogP contribution is 2.54. The Bertz CT molecular complexity index is 436. The average molecular weight is 266 g/mol. The van der Waals surface area contributed by atoms with Crippen molar-refractivity contribution in [2.75, 3.05) is 0 Å². The maximum absolute atomic E-state index is 11.9. The van der Waals surface area contributed by atoms with Gasteiger partial charge in [-0.15, -0.1) is 0 Å². The Labute approximate surface area is 113 Å². The Morgan fingerprint density at radius 2 is 1.84 bits per heavy atom. The summed E-state index contributed by atoms with van der Waals surface area (Å²) in [5.41, 5.74) is -0.0640. The first kappa shape index (κ1) is 12.2. The second-order valence-electron chi connectivity index (χ2n) is 7.20. The molecule has 1 unspecified atom stereocenters. The molecule has 0 aromatic heterocycles. The van der Waals surface area contributed by atoms with Gasteiger partial charge in [0.15, 0.2) is 0 Å². The van der Waals surface area contributed by atoms with Crippen LogP contribution in [0.5, 0.6) is 0 Å². The molecule has 0 aromatic rings. The zero-order valence-corrected chi connectivity index (χ0v) is 11.8. The molecular formula is C15H22O4. The summed E-state index contributed by atoms with van der Waals surface area (Å²) in [7, 11) is 0.